The molecule has 0 unspecified atom stereocenters. The average molecular weight is 491 g/mol. The van der Waals surface area contributed by atoms with Crippen molar-refractivity contribution in [2.24, 2.45) is 0 Å². The SMILES string of the molecule is Cc1nn(-c2ccccc2)c(C)c1CNC(=O)CCNS(=O)(=O)c1ccccc1Br. The lowest BCUT2D eigenvalue weighted by molar-refractivity contribution is -0.121. The molecule has 0 aliphatic rings. The van der Waals surface area contributed by atoms with Crippen molar-refractivity contribution >= 4 is 31.9 Å². The van der Waals surface area contributed by atoms with E-state index in [0.717, 1.165) is 22.6 Å². The maximum Gasteiger partial charge on any atom is 0.241 e. The number of carbonyl (C=O) groups is 1. The second-order valence-electron chi connectivity index (χ2n) is 6.75. The summed E-state index contributed by atoms with van der Waals surface area (Å²) in [5.41, 5.74) is 3.69. The molecular weight excluding hydrogens is 468 g/mol. The Bertz CT molecular complexity index is 1140. The van der Waals surface area contributed by atoms with Gasteiger partial charge < -0.3 is 5.32 Å². The molecule has 7 nitrogen and oxygen atoms in total. The summed E-state index contributed by atoms with van der Waals surface area (Å²) in [6.45, 7) is 4.21. The quantitative estimate of drug-likeness (QED) is 0.506. The summed E-state index contributed by atoms with van der Waals surface area (Å²) in [6, 6.07) is 16.3. The van der Waals surface area contributed by atoms with Gasteiger partial charge in [-0.05, 0) is 54.0 Å². The number of nitrogens with zero attached hydrogens (tertiary/aromatic N) is 2. The van der Waals surface area contributed by atoms with E-state index in [1.807, 2.05) is 48.9 Å². The molecule has 0 saturated carbocycles. The van der Waals surface area contributed by atoms with Gasteiger partial charge in [0, 0.05) is 35.2 Å². The lowest BCUT2D eigenvalue weighted by atomic mass is 10.2. The number of hydrogen-bond donors (Lipinski definition) is 2. The van der Waals surface area contributed by atoms with E-state index in [1.165, 1.54) is 6.07 Å². The molecular formula is C21H23BrN4O3S. The topological polar surface area (TPSA) is 93.1 Å². The van der Waals surface area contributed by atoms with E-state index in [4.69, 9.17) is 0 Å². The van der Waals surface area contributed by atoms with Crippen LogP contribution in [0.2, 0.25) is 0 Å². The second-order valence-corrected chi connectivity index (χ2v) is 9.34. The van der Waals surface area contributed by atoms with Crippen LogP contribution in [0.5, 0.6) is 0 Å². The van der Waals surface area contributed by atoms with Crippen molar-refractivity contribution in [3.63, 3.8) is 0 Å². The first-order valence-electron chi connectivity index (χ1n) is 9.41. The Balaban J connectivity index is 1.56. The first-order valence-corrected chi connectivity index (χ1v) is 11.7. The summed E-state index contributed by atoms with van der Waals surface area (Å²) in [6.07, 6.45) is 0.0363. The van der Waals surface area contributed by atoms with Gasteiger partial charge in [0.2, 0.25) is 15.9 Å². The normalized spacial score (nSPS) is 11.4. The predicted octanol–water partition coefficient (Wildman–Crippen LogP) is 3.24. The summed E-state index contributed by atoms with van der Waals surface area (Å²) in [7, 11) is -3.68. The van der Waals surface area contributed by atoms with Crippen LogP contribution in [0.3, 0.4) is 0 Å². The second kappa shape index (κ2) is 9.55. The van der Waals surface area contributed by atoms with E-state index >= 15 is 0 Å². The zero-order chi connectivity index (χ0) is 21.7. The molecule has 0 saturated heterocycles. The fourth-order valence-corrected chi connectivity index (χ4v) is 5.10. The van der Waals surface area contributed by atoms with E-state index in [1.54, 1.807) is 18.2 Å². The van der Waals surface area contributed by atoms with Crippen molar-refractivity contribution in [1.82, 2.24) is 19.8 Å². The van der Waals surface area contributed by atoms with Crippen molar-refractivity contribution in [3.05, 3.63) is 76.0 Å². The Labute approximate surface area is 184 Å². The zero-order valence-corrected chi connectivity index (χ0v) is 19.1. The first kappa shape index (κ1) is 22.2. The molecule has 9 heteroatoms. The Hall–Kier alpha value is -2.49. The van der Waals surface area contributed by atoms with Gasteiger partial charge in [-0.1, -0.05) is 30.3 Å². The zero-order valence-electron chi connectivity index (χ0n) is 16.7. The summed E-state index contributed by atoms with van der Waals surface area (Å²) in [5, 5.41) is 7.41. The number of amides is 1. The molecule has 0 radical (unpaired) electrons. The van der Waals surface area contributed by atoms with E-state index in [2.05, 4.69) is 31.1 Å². The smallest absolute Gasteiger partial charge is 0.241 e. The molecule has 1 aromatic heterocycles. The molecule has 0 aliphatic carbocycles. The minimum absolute atomic E-state index is 0.0107. The molecule has 2 aromatic carbocycles. The molecule has 0 spiro atoms. The fourth-order valence-electron chi connectivity index (χ4n) is 3.07. The van der Waals surface area contributed by atoms with Crippen molar-refractivity contribution in [2.45, 2.75) is 31.7 Å². The van der Waals surface area contributed by atoms with Gasteiger partial charge in [0.25, 0.3) is 0 Å². The third kappa shape index (κ3) is 5.16. The van der Waals surface area contributed by atoms with Crippen LogP contribution in [-0.4, -0.2) is 30.7 Å². The van der Waals surface area contributed by atoms with Crippen LogP contribution in [0.4, 0.5) is 0 Å². The van der Waals surface area contributed by atoms with Gasteiger partial charge >= 0.3 is 0 Å². The lowest BCUT2D eigenvalue weighted by Gasteiger charge is -2.09. The van der Waals surface area contributed by atoms with Crippen LogP contribution in [0, 0.1) is 13.8 Å². The Morgan fingerprint density at radius 2 is 1.73 bits per heavy atom. The third-order valence-electron chi connectivity index (χ3n) is 4.67. The maximum atomic E-state index is 12.4. The molecule has 1 heterocycles. The first-order chi connectivity index (χ1) is 14.3. The van der Waals surface area contributed by atoms with Crippen LogP contribution in [0.25, 0.3) is 5.69 Å². The highest BCUT2D eigenvalue weighted by Crippen LogP contribution is 2.21. The monoisotopic (exact) mass is 490 g/mol. The highest BCUT2D eigenvalue weighted by atomic mass is 79.9. The van der Waals surface area contributed by atoms with Gasteiger partial charge in [-0.3, -0.25) is 4.79 Å². The molecule has 3 rings (SSSR count). The van der Waals surface area contributed by atoms with Gasteiger partial charge in [0.1, 0.15) is 0 Å². The highest BCUT2D eigenvalue weighted by Gasteiger charge is 2.17. The molecule has 30 heavy (non-hydrogen) atoms. The van der Waals surface area contributed by atoms with Crippen molar-refractivity contribution in [3.8, 4) is 5.69 Å². The summed E-state index contributed by atoms with van der Waals surface area (Å²) in [4.78, 5) is 12.4. The molecule has 0 bridgehead atoms. The number of aryl methyl sites for hydroxylation is 1. The summed E-state index contributed by atoms with van der Waals surface area (Å²) >= 11 is 3.23. The summed E-state index contributed by atoms with van der Waals surface area (Å²) < 4.78 is 29.5. The van der Waals surface area contributed by atoms with Gasteiger partial charge in [-0.25, -0.2) is 17.8 Å². The third-order valence-corrected chi connectivity index (χ3v) is 7.15. The number of aromatic nitrogens is 2. The molecule has 3 aromatic rings. The Morgan fingerprint density at radius 1 is 1.07 bits per heavy atom. The van der Waals surface area contributed by atoms with Crippen LogP contribution in [-0.2, 0) is 21.4 Å². The average Bonchev–Trinajstić information content (AvgIpc) is 3.00. The predicted molar refractivity (Wildman–Crippen MR) is 119 cm³/mol. The molecule has 0 atom stereocenters. The highest BCUT2D eigenvalue weighted by molar-refractivity contribution is 9.10. The van der Waals surface area contributed by atoms with Crippen molar-refractivity contribution < 1.29 is 13.2 Å². The number of carbonyl (C=O) groups excluding carboxylic acids is 1. The van der Waals surface area contributed by atoms with Crippen molar-refractivity contribution in [1.29, 1.82) is 0 Å². The Kier molecular flexibility index (Phi) is 7.06. The molecule has 158 valence electrons. The van der Waals surface area contributed by atoms with Crippen molar-refractivity contribution in [2.75, 3.05) is 6.54 Å². The minimum Gasteiger partial charge on any atom is -0.352 e. The van der Waals surface area contributed by atoms with Crippen LogP contribution < -0.4 is 10.0 Å². The molecule has 0 fully saturated rings. The van der Waals surface area contributed by atoms with Gasteiger partial charge in [0.05, 0.1) is 16.3 Å². The van der Waals surface area contributed by atoms with E-state index < -0.39 is 10.0 Å². The minimum atomic E-state index is -3.68. The largest absolute Gasteiger partial charge is 0.352 e. The van der Waals surface area contributed by atoms with Gasteiger partial charge in [-0.2, -0.15) is 5.10 Å². The standard InChI is InChI=1S/C21H23BrN4O3S/c1-15-18(16(2)26(25-15)17-8-4-3-5-9-17)14-23-21(27)12-13-24-30(28,29)20-11-7-6-10-19(20)22/h3-11,24H,12-14H2,1-2H3,(H,23,27). The number of benzene rings is 2. The Morgan fingerprint density at radius 3 is 2.43 bits per heavy atom. The number of hydrogen-bond acceptors (Lipinski definition) is 4. The van der Waals surface area contributed by atoms with Gasteiger partial charge in [-0.15, -0.1) is 0 Å². The number of sulfonamides is 1. The van der Waals surface area contributed by atoms with Crippen LogP contribution in [0.15, 0.2) is 64.0 Å². The number of rotatable bonds is 8. The van der Waals surface area contributed by atoms with Crippen LogP contribution >= 0.6 is 15.9 Å². The van der Waals surface area contributed by atoms with Crippen LogP contribution in [0.1, 0.15) is 23.4 Å². The molecule has 0 aliphatic heterocycles. The van der Waals surface area contributed by atoms with E-state index in [0.29, 0.717) is 11.0 Å². The number of nitrogens with one attached hydrogen (secondary N) is 2. The molecule has 1 amide bonds. The number of halogens is 1. The van der Waals surface area contributed by atoms with E-state index in [9.17, 15) is 13.2 Å². The lowest BCUT2D eigenvalue weighted by Crippen LogP contribution is -2.30. The van der Waals surface area contributed by atoms with E-state index in [-0.39, 0.29) is 23.8 Å². The fraction of sp³-hybridized carbons (Fsp3) is 0.238. The van der Waals surface area contributed by atoms with Gasteiger partial charge in [0.15, 0.2) is 0 Å². The molecule has 2 N–H and O–H groups in total. The maximum absolute atomic E-state index is 12.4. The summed E-state index contributed by atoms with van der Waals surface area (Å²) in [5.74, 6) is -0.240. The number of para-hydroxylation sites is 1.